The minimum Gasteiger partial charge on any atom is -0.352 e. The fourth-order valence-electron chi connectivity index (χ4n) is 3.98. The van der Waals surface area contributed by atoms with E-state index in [1.165, 1.54) is 42.4 Å². The van der Waals surface area contributed by atoms with Gasteiger partial charge in [-0.2, -0.15) is 0 Å². The van der Waals surface area contributed by atoms with Crippen LogP contribution in [0.25, 0.3) is 21.3 Å². The molecule has 0 aliphatic heterocycles. The molecule has 0 bridgehead atoms. The number of thioether (sulfide) groups is 1. The molecule has 3 aromatic rings. The van der Waals surface area contributed by atoms with Gasteiger partial charge in [0.05, 0.1) is 10.6 Å². The lowest BCUT2D eigenvalue weighted by Crippen LogP contribution is -2.40. The van der Waals surface area contributed by atoms with Gasteiger partial charge >= 0.3 is 0 Å². The Bertz CT molecular complexity index is 1090. The van der Waals surface area contributed by atoms with Crippen molar-refractivity contribution >= 4 is 39.2 Å². The highest BCUT2D eigenvalue weighted by Gasteiger charge is 2.23. The molecule has 1 saturated carbocycles. The minimum atomic E-state index is -0.303. The van der Waals surface area contributed by atoms with E-state index in [9.17, 15) is 9.59 Å². The molecule has 30 heavy (non-hydrogen) atoms. The van der Waals surface area contributed by atoms with E-state index in [0.717, 1.165) is 28.8 Å². The quantitative estimate of drug-likeness (QED) is 0.428. The predicted molar refractivity (Wildman–Crippen MR) is 125 cm³/mol. The Kier molecular flexibility index (Phi) is 6.58. The molecule has 4 rings (SSSR count). The molecule has 0 radical (unpaired) electrons. The maximum absolute atomic E-state index is 13.3. The van der Waals surface area contributed by atoms with Crippen LogP contribution in [-0.2, 0) is 11.3 Å². The SMILES string of the molecule is CCn1c(S[C@H](C)C(=O)NC2CCCCC2)nc2scc(-c3ccccc3)c2c1=O. The Morgan fingerprint density at radius 3 is 2.70 bits per heavy atom. The van der Waals surface area contributed by atoms with Crippen molar-refractivity contribution in [3.8, 4) is 11.1 Å². The molecule has 5 nitrogen and oxygen atoms in total. The van der Waals surface area contributed by atoms with E-state index in [0.29, 0.717) is 17.1 Å². The standard InChI is InChI=1S/C23H27N3O2S2/c1-3-26-22(28)19-18(16-10-6-4-7-11-16)14-29-21(19)25-23(26)30-15(2)20(27)24-17-12-8-5-9-13-17/h4,6-7,10-11,14-15,17H,3,5,8-9,12-13H2,1-2H3,(H,24,27)/t15-/m1/s1. The molecular formula is C23H27N3O2S2. The third-order valence-electron chi connectivity index (χ3n) is 5.66. The summed E-state index contributed by atoms with van der Waals surface area (Å²) in [5, 5.41) is 6.16. The second kappa shape index (κ2) is 9.35. The van der Waals surface area contributed by atoms with E-state index < -0.39 is 0 Å². The molecule has 1 amide bonds. The van der Waals surface area contributed by atoms with Crippen molar-refractivity contribution in [3.05, 3.63) is 46.1 Å². The number of carbonyl (C=O) groups is 1. The predicted octanol–water partition coefficient (Wildman–Crippen LogP) is 5.07. The molecule has 1 aliphatic carbocycles. The average molecular weight is 442 g/mol. The number of nitrogens with zero attached hydrogens (tertiary/aromatic N) is 2. The molecule has 0 saturated heterocycles. The Morgan fingerprint density at radius 1 is 1.27 bits per heavy atom. The van der Waals surface area contributed by atoms with Gasteiger partial charge in [0, 0.05) is 23.5 Å². The lowest BCUT2D eigenvalue weighted by Gasteiger charge is -2.24. The number of hydrogen-bond acceptors (Lipinski definition) is 5. The monoisotopic (exact) mass is 441 g/mol. The van der Waals surface area contributed by atoms with Crippen LogP contribution in [0.3, 0.4) is 0 Å². The van der Waals surface area contributed by atoms with Crippen molar-refractivity contribution in [3.63, 3.8) is 0 Å². The smallest absolute Gasteiger partial charge is 0.263 e. The first-order valence-electron chi connectivity index (χ1n) is 10.6. The summed E-state index contributed by atoms with van der Waals surface area (Å²) in [4.78, 5) is 31.5. The molecule has 0 unspecified atom stereocenters. The summed E-state index contributed by atoms with van der Waals surface area (Å²) in [6.45, 7) is 4.36. The highest BCUT2D eigenvalue weighted by atomic mass is 32.2. The Hall–Kier alpha value is -2.12. The van der Waals surface area contributed by atoms with Gasteiger partial charge < -0.3 is 5.32 Å². The van der Waals surface area contributed by atoms with Crippen molar-refractivity contribution in [2.45, 2.75) is 68.9 Å². The molecule has 2 aromatic heterocycles. The van der Waals surface area contributed by atoms with Crippen molar-refractivity contribution < 1.29 is 4.79 Å². The summed E-state index contributed by atoms with van der Waals surface area (Å²) < 4.78 is 1.69. The van der Waals surface area contributed by atoms with E-state index in [2.05, 4.69) is 5.32 Å². The number of rotatable bonds is 6. The molecule has 1 N–H and O–H groups in total. The summed E-state index contributed by atoms with van der Waals surface area (Å²) >= 11 is 2.85. The van der Waals surface area contributed by atoms with Gasteiger partial charge in [-0.1, -0.05) is 61.4 Å². The average Bonchev–Trinajstić information content (AvgIpc) is 3.19. The van der Waals surface area contributed by atoms with Crippen molar-refractivity contribution in [2.75, 3.05) is 0 Å². The van der Waals surface area contributed by atoms with Gasteiger partial charge in [0.15, 0.2) is 5.16 Å². The zero-order valence-corrected chi connectivity index (χ0v) is 19.0. The lowest BCUT2D eigenvalue weighted by molar-refractivity contribution is -0.121. The summed E-state index contributed by atoms with van der Waals surface area (Å²) in [5.74, 6) is 0.0278. The van der Waals surface area contributed by atoms with Crippen LogP contribution in [0.2, 0.25) is 0 Å². The molecule has 2 heterocycles. The normalized spacial score (nSPS) is 15.9. The number of carbonyl (C=O) groups excluding carboxylic acids is 1. The van der Waals surface area contributed by atoms with Crippen LogP contribution in [0.15, 0.2) is 45.7 Å². The largest absolute Gasteiger partial charge is 0.352 e. The van der Waals surface area contributed by atoms with Crippen molar-refractivity contribution in [1.82, 2.24) is 14.9 Å². The van der Waals surface area contributed by atoms with Crippen molar-refractivity contribution in [1.29, 1.82) is 0 Å². The second-order valence-corrected chi connectivity index (χ2v) is 9.91. The Morgan fingerprint density at radius 2 is 2.00 bits per heavy atom. The first-order chi connectivity index (χ1) is 14.6. The van der Waals surface area contributed by atoms with E-state index in [4.69, 9.17) is 4.98 Å². The van der Waals surface area contributed by atoms with Crippen LogP contribution in [0.5, 0.6) is 0 Å². The van der Waals surface area contributed by atoms with Gasteiger partial charge in [-0.3, -0.25) is 14.2 Å². The highest BCUT2D eigenvalue weighted by Crippen LogP contribution is 2.33. The van der Waals surface area contributed by atoms with Crippen LogP contribution in [-0.4, -0.2) is 26.8 Å². The number of thiophene rings is 1. The number of nitrogens with one attached hydrogen (secondary N) is 1. The van der Waals surface area contributed by atoms with Crippen LogP contribution in [0.1, 0.15) is 46.0 Å². The number of amides is 1. The third kappa shape index (κ3) is 4.32. The summed E-state index contributed by atoms with van der Waals surface area (Å²) in [5.41, 5.74) is 1.91. The third-order valence-corrected chi connectivity index (χ3v) is 7.63. The van der Waals surface area contributed by atoms with Gasteiger partial charge in [-0.25, -0.2) is 4.98 Å². The van der Waals surface area contributed by atoms with E-state index in [1.54, 1.807) is 4.57 Å². The van der Waals surface area contributed by atoms with Gasteiger partial charge in [0.25, 0.3) is 5.56 Å². The minimum absolute atomic E-state index is 0.0278. The van der Waals surface area contributed by atoms with Gasteiger partial charge in [0.1, 0.15) is 4.83 Å². The molecule has 0 spiro atoms. The van der Waals surface area contributed by atoms with E-state index >= 15 is 0 Å². The Labute approximate surface area is 184 Å². The lowest BCUT2D eigenvalue weighted by atomic mass is 9.95. The molecule has 1 aliphatic rings. The molecule has 1 aromatic carbocycles. The van der Waals surface area contributed by atoms with Crippen LogP contribution in [0, 0.1) is 0 Å². The first kappa shape index (κ1) is 21.1. The highest BCUT2D eigenvalue weighted by molar-refractivity contribution is 8.00. The Balaban J connectivity index is 1.61. The van der Waals surface area contributed by atoms with Gasteiger partial charge in [0.2, 0.25) is 5.91 Å². The molecule has 1 atom stereocenters. The van der Waals surface area contributed by atoms with Gasteiger partial charge in [-0.15, -0.1) is 11.3 Å². The number of hydrogen-bond donors (Lipinski definition) is 1. The molecule has 1 fully saturated rings. The second-order valence-electron chi connectivity index (χ2n) is 7.74. The zero-order valence-electron chi connectivity index (χ0n) is 17.4. The summed E-state index contributed by atoms with van der Waals surface area (Å²) in [6, 6.07) is 10.2. The van der Waals surface area contributed by atoms with Crippen LogP contribution < -0.4 is 10.9 Å². The summed E-state index contributed by atoms with van der Waals surface area (Å²) in [6.07, 6.45) is 5.74. The number of benzene rings is 1. The van der Waals surface area contributed by atoms with Crippen molar-refractivity contribution in [2.24, 2.45) is 0 Å². The fraction of sp³-hybridized carbons (Fsp3) is 0.435. The maximum Gasteiger partial charge on any atom is 0.263 e. The first-order valence-corrected chi connectivity index (χ1v) is 12.4. The van der Waals surface area contributed by atoms with Crippen LogP contribution in [0.4, 0.5) is 0 Å². The molecular weight excluding hydrogens is 414 g/mol. The molecule has 7 heteroatoms. The van der Waals surface area contributed by atoms with E-state index in [1.807, 2.05) is 49.6 Å². The number of fused-ring (bicyclic) bond motifs is 1. The topological polar surface area (TPSA) is 64.0 Å². The van der Waals surface area contributed by atoms with Crippen LogP contribution >= 0.6 is 23.1 Å². The maximum atomic E-state index is 13.3. The fourth-order valence-corrected chi connectivity index (χ4v) is 5.95. The van der Waals surface area contributed by atoms with E-state index in [-0.39, 0.29) is 22.8 Å². The summed E-state index contributed by atoms with van der Waals surface area (Å²) in [7, 11) is 0. The number of aromatic nitrogens is 2. The van der Waals surface area contributed by atoms with Gasteiger partial charge in [-0.05, 0) is 32.3 Å². The molecule has 158 valence electrons. The zero-order chi connectivity index (χ0) is 21.1.